The zero-order valence-corrected chi connectivity index (χ0v) is 12.1. The predicted molar refractivity (Wildman–Crippen MR) is 74.1 cm³/mol. The van der Waals surface area contributed by atoms with Gasteiger partial charge in [0.1, 0.15) is 6.10 Å². The zero-order chi connectivity index (χ0) is 14.0. The van der Waals surface area contributed by atoms with Crippen molar-refractivity contribution < 1.29 is 19.3 Å². The summed E-state index contributed by atoms with van der Waals surface area (Å²) < 4.78 is 15.7. The lowest BCUT2D eigenvalue weighted by molar-refractivity contribution is -0.0377. The summed E-state index contributed by atoms with van der Waals surface area (Å²) >= 11 is 0. The molecule has 1 rings (SSSR count). The highest BCUT2D eigenvalue weighted by Crippen LogP contribution is 2.25. The standard InChI is InChI=1S/C14H29NO4/c1-17-8-9-18-10-13(16)11-19-12-14(15)6-4-2-3-5-7-14/h13,16H,2-12,15H2,1H3. The van der Waals surface area contributed by atoms with Crippen LogP contribution in [0, 0.1) is 0 Å². The molecule has 0 aromatic carbocycles. The molecule has 1 aliphatic carbocycles. The maximum absolute atomic E-state index is 9.69. The van der Waals surface area contributed by atoms with E-state index >= 15 is 0 Å². The molecule has 0 spiro atoms. The third kappa shape index (κ3) is 7.84. The minimum atomic E-state index is -0.591. The first-order valence-electron chi connectivity index (χ1n) is 7.28. The number of ether oxygens (including phenoxy) is 3. The summed E-state index contributed by atoms with van der Waals surface area (Å²) in [5.74, 6) is 0. The first-order chi connectivity index (χ1) is 9.16. The van der Waals surface area contributed by atoms with Crippen LogP contribution in [0.25, 0.3) is 0 Å². The fourth-order valence-corrected chi connectivity index (χ4v) is 2.38. The Balaban J connectivity index is 2.07. The van der Waals surface area contributed by atoms with Gasteiger partial charge in [0.15, 0.2) is 0 Å². The van der Waals surface area contributed by atoms with Crippen molar-refractivity contribution in [3.8, 4) is 0 Å². The highest BCUT2D eigenvalue weighted by Gasteiger charge is 2.26. The minimum absolute atomic E-state index is 0.201. The molecule has 19 heavy (non-hydrogen) atoms. The minimum Gasteiger partial charge on any atom is -0.388 e. The van der Waals surface area contributed by atoms with Crippen LogP contribution in [0.4, 0.5) is 0 Å². The number of methoxy groups -OCH3 is 1. The van der Waals surface area contributed by atoms with E-state index < -0.39 is 6.10 Å². The Morgan fingerprint density at radius 2 is 1.68 bits per heavy atom. The number of rotatable bonds is 9. The Kier molecular flexibility index (Phi) is 8.57. The topological polar surface area (TPSA) is 73.9 Å². The normalized spacial score (nSPS) is 21.0. The summed E-state index contributed by atoms with van der Waals surface area (Å²) in [6.07, 6.45) is 6.36. The summed E-state index contributed by atoms with van der Waals surface area (Å²) in [5, 5.41) is 9.69. The molecule has 0 radical (unpaired) electrons. The van der Waals surface area contributed by atoms with Gasteiger partial charge in [-0.05, 0) is 12.8 Å². The molecule has 0 bridgehead atoms. The lowest BCUT2D eigenvalue weighted by Crippen LogP contribution is -2.44. The third-order valence-electron chi connectivity index (χ3n) is 3.54. The molecule has 0 aliphatic heterocycles. The van der Waals surface area contributed by atoms with E-state index in [1.807, 2.05) is 0 Å². The Bertz CT molecular complexity index is 217. The Hall–Kier alpha value is -0.200. The van der Waals surface area contributed by atoms with Gasteiger partial charge in [-0.15, -0.1) is 0 Å². The van der Waals surface area contributed by atoms with Crippen molar-refractivity contribution in [1.82, 2.24) is 0 Å². The monoisotopic (exact) mass is 275 g/mol. The van der Waals surface area contributed by atoms with Crippen LogP contribution in [0.5, 0.6) is 0 Å². The van der Waals surface area contributed by atoms with E-state index in [1.54, 1.807) is 7.11 Å². The van der Waals surface area contributed by atoms with Gasteiger partial charge >= 0.3 is 0 Å². The fraction of sp³-hybridized carbons (Fsp3) is 1.00. The molecule has 1 saturated carbocycles. The SMILES string of the molecule is COCCOCC(O)COCC1(N)CCCCCC1. The van der Waals surface area contributed by atoms with Crippen LogP contribution < -0.4 is 5.73 Å². The van der Waals surface area contributed by atoms with Crippen LogP contribution >= 0.6 is 0 Å². The molecule has 114 valence electrons. The fourth-order valence-electron chi connectivity index (χ4n) is 2.38. The van der Waals surface area contributed by atoms with Crippen molar-refractivity contribution in [2.45, 2.75) is 50.2 Å². The summed E-state index contributed by atoms with van der Waals surface area (Å²) in [7, 11) is 1.62. The lowest BCUT2D eigenvalue weighted by atomic mass is 9.93. The lowest BCUT2D eigenvalue weighted by Gasteiger charge is -2.28. The van der Waals surface area contributed by atoms with Crippen molar-refractivity contribution in [3.63, 3.8) is 0 Å². The van der Waals surface area contributed by atoms with Crippen molar-refractivity contribution in [3.05, 3.63) is 0 Å². The third-order valence-corrected chi connectivity index (χ3v) is 3.54. The molecule has 0 saturated heterocycles. The van der Waals surface area contributed by atoms with E-state index in [4.69, 9.17) is 19.9 Å². The highest BCUT2D eigenvalue weighted by atomic mass is 16.5. The summed E-state index contributed by atoms with van der Waals surface area (Å²) in [4.78, 5) is 0. The van der Waals surface area contributed by atoms with E-state index in [0.717, 1.165) is 12.8 Å². The Morgan fingerprint density at radius 1 is 1.05 bits per heavy atom. The van der Waals surface area contributed by atoms with Gasteiger partial charge in [-0.3, -0.25) is 0 Å². The first kappa shape index (κ1) is 16.9. The molecule has 5 nitrogen and oxygen atoms in total. The molecular formula is C14H29NO4. The maximum Gasteiger partial charge on any atom is 0.101 e. The van der Waals surface area contributed by atoms with E-state index in [9.17, 15) is 5.11 Å². The van der Waals surface area contributed by atoms with Crippen molar-refractivity contribution in [2.24, 2.45) is 5.73 Å². The summed E-state index contributed by atoms with van der Waals surface area (Å²) in [5.41, 5.74) is 6.13. The van der Waals surface area contributed by atoms with Gasteiger partial charge in [0.2, 0.25) is 0 Å². The molecule has 1 atom stereocenters. The predicted octanol–water partition coefficient (Wildman–Crippen LogP) is 1.08. The van der Waals surface area contributed by atoms with Gasteiger partial charge in [0, 0.05) is 12.6 Å². The average molecular weight is 275 g/mol. The van der Waals surface area contributed by atoms with Crippen LogP contribution in [0.1, 0.15) is 38.5 Å². The number of hydrogen-bond donors (Lipinski definition) is 2. The van der Waals surface area contributed by atoms with Crippen molar-refractivity contribution in [2.75, 3.05) is 40.1 Å². The molecule has 1 unspecified atom stereocenters. The van der Waals surface area contributed by atoms with Crippen LogP contribution in [-0.2, 0) is 14.2 Å². The highest BCUT2D eigenvalue weighted by molar-refractivity contribution is 4.85. The quantitative estimate of drug-likeness (QED) is 0.486. The van der Waals surface area contributed by atoms with Gasteiger partial charge in [-0.25, -0.2) is 0 Å². The Labute approximate surface area is 116 Å². The summed E-state index contributed by atoms with van der Waals surface area (Å²) in [6, 6.07) is 0. The van der Waals surface area contributed by atoms with Crippen LogP contribution in [-0.4, -0.2) is 56.9 Å². The number of nitrogens with two attached hydrogens (primary N) is 1. The van der Waals surface area contributed by atoms with Crippen molar-refractivity contribution >= 4 is 0 Å². The van der Waals surface area contributed by atoms with Gasteiger partial charge < -0.3 is 25.1 Å². The summed E-state index contributed by atoms with van der Waals surface area (Å²) in [6.45, 7) is 2.13. The molecule has 0 aromatic rings. The van der Waals surface area contributed by atoms with Gasteiger partial charge in [-0.1, -0.05) is 25.7 Å². The molecule has 0 aromatic heterocycles. The maximum atomic E-state index is 9.69. The number of hydrogen-bond acceptors (Lipinski definition) is 5. The van der Waals surface area contributed by atoms with Gasteiger partial charge in [0.05, 0.1) is 33.0 Å². The molecule has 1 fully saturated rings. The molecular weight excluding hydrogens is 246 g/mol. The first-order valence-corrected chi connectivity index (χ1v) is 7.28. The second-order valence-electron chi connectivity index (χ2n) is 5.51. The number of aliphatic hydroxyl groups excluding tert-OH is 1. The van der Waals surface area contributed by atoms with E-state index in [2.05, 4.69) is 0 Å². The smallest absolute Gasteiger partial charge is 0.101 e. The van der Waals surface area contributed by atoms with E-state index in [0.29, 0.717) is 19.8 Å². The molecule has 1 aliphatic rings. The second kappa shape index (κ2) is 9.66. The molecule has 0 amide bonds. The average Bonchev–Trinajstić information content (AvgIpc) is 2.60. The molecule has 3 N–H and O–H groups in total. The zero-order valence-electron chi connectivity index (χ0n) is 12.1. The van der Waals surface area contributed by atoms with Gasteiger partial charge in [-0.2, -0.15) is 0 Å². The largest absolute Gasteiger partial charge is 0.388 e. The molecule has 5 heteroatoms. The number of aliphatic hydroxyl groups is 1. The molecule has 0 heterocycles. The second-order valence-corrected chi connectivity index (χ2v) is 5.51. The van der Waals surface area contributed by atoms with Crippen LogP contribution in [0.15, 0.2) is 0 Å². The Morgan fingerprint density at radius 3 is 2.32 bits per heavy atom. The van der Waals surface area contributed by atoms with Crippen LogP contribution in [0.3, 0.4) is 0 Å². The van der Waals surface area contributed by atoms with Crippen LogP contribution in [0.2, 0.25) is 0 Å². The van der Waals surface area contributed by atoms with E-state index in [1.165, 1.54) is 25.7 Å². The van der Waals surface area contributed by atoms with Crippen molar-refractivity contribution in [1.29, 1.82) is 0 Å². The van der Waals surface area contributed by atoms with Gasteiger partial charge in [0.25, 0.3) is 0 Å². The van der Waals surface area contributed by atoms with E-state index in [-0.39, 0.29) is 18.8 Å².